The van der Waals surface area contributed by atoms with Crippen LogP contribution in [0.3, 0.4) is 0 Å². The summed E-state index contributed by atoms with van der Waals surface area (Å²) >= 11 is 6.01. The fourth-order valence-corrected chi connectivity index (χ4v) is 4.62. The summed E-state index contributed by atoms with van der Waals surface area (Å²) < 4.78 is 25.8. The lowest BCUT2D eigenvalue weighted by atomic mass is 10.0. The van der Waals surface area contributed by atoms with E-state index in [4.69, 9.17) is 16.4 Å². The summed E-state index contributed by atoms with van der Waals surface area (Å²) in [5.41, 5.74) is 0.310. The number of sulfonamides is 1. The first-order valence-electron chi connectivity index (χ1n) is 9.47. The Morgan fingerprint density at radius 1 is 1.06 bits per heavy atom. The Balaban J connectivity index is 1.95. The molecule has 1 atom stereocenters. The molecule has 170 valence electrons. The highest BCUT2D eigenvalue weighted by molar-refractivity contribution is 7.89. The van der Waals surface area contributed by atoms with Crippen molar-refractivity contribution < 1.29 is 18.4 Å². The number of hydrogen-bond donors (Lipinski definition) is 3. The Labute approximate surface area is 189 Å². The quantitative estimate of drug-likeness (QED) is 0.256. The number of nitrogens with zero attached hydrogens (tertiary/aromatic N) is 1. The molecule has 0 amide bonds. The number of hydrogen-bond acceptors (Lipinski definition) is 8. The number of phenolic OH excluding ortho intramolecular Hbond substituents is 1. The zero-order valence-corrected chi connectivity index (χ0v) is 19.3. The molecule has 3 N–H and O–H groups in total. The Morgan fingerprint density at radius 2 is 1.66 bits per heavy atom. The van der Waals surface area contributed by atoms with Gasteiger partial charge < -0.3 is 15.7 Å². The Kier molecular flexibility index (Phi) is 6.61. The second-order valence-electron chi connectivity index (χ2n) is 7.18. The predicted molar refractivity (Wildman–Crippen MR) is 123 cm³/mol. The molecule has 9 nitrogen and oxygen atoms in total. The van der Waals surface area contributed by atoms with Crippen molar-refractivity contribution in [3.63, 3.8) is 0 Å². The number of aromatic hydroxyl groups is 1. The molecule has 0 spiro atoms. The summed E-state index contributed by atoms with van der Waals surface area (Å²) in [4.78, 5) is 28.5. The third-order valence-corrected chi connectivity index (χ3v) is 7.23. The normalized spacial score (nSPS) is 12.8. The van der Waals surface area contributed by atoms with Gasteiger partial charge in [-0.05, 0) is 31.5 Å². The summed E-state index contributed by atoms with van der Waals surface area (Å²) in [7, 11) is -2.01. The van der Waals surface area contributed by atoms with Crippen molar-refractivity contribution in [2.75, 3.05) is 24.8 Å². The molecule has 3 aromatic carbocycles. The van der Waals surface area contributed by atoms with E-state index in [-0.39, 0.29) is 28.1 Å². The van der Waals surface area contributed by atoms with E-state index in [1.807, 2.05) is 38.1 Å². The van der Waals surface area contributed by atoms with Crippen LogP contribution in [0.4, 0.5) is 17.1 Å². The van der Waals surface area contributed by atoms with Crippen LogP contribution in [0.2, 0.25) is 5.02 Å². The van der Waals surface area contributed by atoms with Gasteiger partial charge in [-0.3, -0.25) is 14.4 Å². The van der Waals surface area contributed by atoms with E-state index in [0.29, 0.717) is 4.47 Å². The standard InChI is InChI=1S/C21H22ClN3O6S/c1-11-5-7-13(8-6-11)12(2)23-16-17(20(28)19(16)27)24-15-10-9-14(22)21(18(15)26)32(29,30)25(3)31-4/h5-10,12,23-24,26H,1-4H3/t12-/m0/s1. The predicted octanol–water partition coefficient (Wildman–Crippen LogP) is 3.05. The molecule has 11 heteroatoms. The molecule has 32 heavy (non-hydrogen) atoms. The maximum Gasteiger partial charge on any atom is 0.269 e. The van der Waals surface area contributed by atoms with Gasteiger partial charge in [0.2, 0.25) is 0 Å². The van der Waals surface area contributed by atoms with Gasteiger partial charge in [0.25, 0.3) is 20.9 Å². The molecule has 0 fully saturated rings. The number of halogens is 1. The molecule has 3 aromatic rings. The average molecular weight is 480 g/mol. The van der Waals surface area contributed by atoms with Gasteiger partial charge in [0.05, 0.1) is 17.8 Å². The lowest BCUT2D eigenvalue weighted by Gasteiger charge is -2.21. The van der Waals surface area contributed by atoms with Crippen molar-refractivity contribution in [1.82, 2.24) is 4.47 Å². The van der Waals surface area contributed by atoms with Crippen molar-refractivity contribution in [3.8, 4) is 5.75 Å². The van der Waals surface area contributed by atoms with Crippen LogP contribution in [0.5, 0.6) is 5.75 Å². The number of rotatable bonds is 8. The van der Waals surface area contributed by atoms with E-state index >= 15 is 0 Å². The third-order valence-electron chi connectivity index (χ3n) is 5.05. The summed E-state index contributed by atoms with van der Waals surface area (Å²) in [6.07, 6.45) is 0. The molecule has 0 saturated carbocycles. The highest BCUT2D eigenvalue weighted by atomic mass is 35.5. The molecule has 0 aliphatic rings. The first kappa shape index (κ1) is 23.7. The van der Waals surface area contributed by atoms with Crippen LogP contribution in [0.1, 0.15) is 24.1 Å². The minimum Gasteiger partial charge on any atom is -0.504 e. The van der Waals surface area contributed by atoms with Crippen LogP contribution < -0.4 is 21.5 Å². The highest BCUT2D eigenvalue weighted by Crippen LogP contribution is 2.40. The molecule has 0 unspecified atom stereocenters. The molecule has 0 radical (unpaired) electrons. The molecular formula is C21H22ClN3O6S. The van der Waals surface area contributed by atoms with Crippen molar-refractivity contribution in [3.05, 3.63) is 73.0 Å². The Morgan fingerprint density at radius 3 is 2.25 bits per heavy atom. The molecule has 0 aliphatic carbocycles. The minimum absolute atomic E-state index is 0.0378. The van der Waals surface area contributed by atoms with E-state index in [9.17, 15) is 23.1 Å². The number of aryl methyl sites for hydroxylation is 1. The summed E-state index contributed by atoms with van der Waals surface area (Å²) in [6.45, 7) is 3.79. The van der Waals surface area contributed by atoms with E-state index in [0.717, 1.165) is 25.3 Å². The monoisotopic (exact) mass is 479 g/mol. The molecule has 0 bridgehead atoms. The molecule has 3 rings (SSSR count). The fourth-order valence-electron chi connectivity index (χ4n) is 3.06. The fraction of sp³-hybridized carbons (Fsp3) is 0.238. The molecule has 0 aliphatic heterocycles. The number of anilines is 3. The first-order chi connectivity index (χ1) is 15.0. The molecule has 0 aromatic heterocycles. The number of benzene rings is 2. The summed E-state index contributed by atoms with van der Waals surface area (Å²) in [5.74, 6) is -0.716. The molecular weight excluding hydrogens is 458 g/mol. The van der Waals surface area contributed by atoms with Crippen molar-refractivity contribution in [1.29, 1.82) is 0 Å². The third kappa shape index (κ3) is 4.22. The largest absolute Gasteiger partial charge is 0.504 e. The maximum atomic E-state index is 12.6. The van der Waals surface area contributed by atoms with Gasteiger partial charge in [-0.25, -0.2) is 8.42 Å². The summed E-state index contributed by atoms with van der Waals surface area (Å²) in [6, 6.07) is 9.92. The molecule has 0 heterocycles. The average Bonchev–Trinajstić information content (AvgIpc) is 2.76. The highest BCUT2D eigenvalue weighted by Gasteiger charge is 2.30. The second-order valence-corrected chi connectivity index (χ2v) is 9.46. The van der Waals surface area contributed by atoms with Crippen LogP contribution >= 0.6 is 11.6 Å². The Hall–Kier alpha value is -2.92. The Bertz CT molecular complexity index is 1330. The zero-order valence-electron chi connectivity index (χ0n) is 17.8. The number of nitrogens with one attached hydrogen (secondary N) is 2. The smallest absolute Gasteiger partial charge is 0.269 e. The van der Waals surface area contributed by atoms with Gasteiger partial charge in [-0.2, -0.15) is 0 Å². The summed E-state index contributed by atoms with van der Waals surface area (Å²) in [5, 5.41) is 16.0. The van der Waals surface area contributed by atoms with Crippen LogP contribution in [0.15, 0.2) is 50.9 Å². The SMILES string of the molecule is CON(C)S(=O)(=O)c1c(Cl)ccc(Nc2c(N[C@@H](C)c3ccc(C)cc3)c(=O)c2=O)c1O. The number of phenols is 1. The van der Waals surface area contributed by atoms with Crippen molar-refractivity contribution in [2.45, 2.75) is 24.8 Å². The van der Waals surface area contributed by atoms with Crippen LogP contribution in [-0.4, -0.2) is 32.2 Å². The lowest BCUT2D eigenvalue weighted by molar-refractivity contribution is -0.0259. The second kappa shape index (κ2) is 8.91. The van der Waals surface area contributed by atoms with Crippen LogP contribution in [0.25, 0.3) is 0 Å². The van der Waals surface area contributed by atoms with Gasteiger partial charge in [-0.15, -0.1) is 0 Å². The molecule has 0 saturated heterocycles. The van der Waals surface area contributed by atoms with Crippen LogP contribution in [0, 0.1) is 6.92 Å². The van der Waals surface area contributed by atoms with Gasteiger partial charge in [0.1, 0.15) is 16.3 Å². The minimum atomic E-state index is -4.29. The van der Waals surface area contributed by atoms with Crippen LogP contribution in [-0.2, 0) is 14.9 Å². The number of hydroxylamine groups is 1. The maximum absolute atomic E-state index is 12.6. The van der Waals surface area contributed by atoms with E-state index in [1.54, 1.807) is 0 Å². The zero-order chi connectivity index (χ0) is 23.8. The van der Waals surface area contributed by atoms with Gasteiger partial charge in [0, 0.05) is 13.1 Å². The first-order valence-corrected chi connectivity index (χ1v) is 11.3. The van der Waals surface area contributed by atoms with Crippen molar-refractivity contribution >= 4 is 38.7 Å². The lowest BCUT2D eigenvalue weighted by Crippen LogP contribution is -2.37. The van der Waals surface area contributed by atoms with Gasteiger partial charge >= 0.3 is 0 Å². The van der Waals surface area contributed by atoms with Gasteiger partial charge in [-0.1, -0.05) is 45.9 Å². The van der Waals surface area contributed by atoms with E-state index in [2.05, 4.69) is 10.6 Å². The van der Waals surface area contributed by atoms with E-state index in [1.165, 1.54) is 12.1 Å². The van der Waals surface area contributed by atoms with Gasteiger partial charge in [0.15, 0.2) is 5.75 Å². The van der Waals surface area contributed by atoms with E-state index < -0.39 is 31.5 Å². The topological polar surface area (TPSA) is 125 Å². The van der Waals surface area contributed by atoms with Crippen molar-refractivity contribution in [2.24, 2.45) is 0 Å².